The molecule has 4 rings (SSSR count). The number of amides is 3. The number of nitrogens with one attached hydrogen (secondary N) is 1. The number of pyridine rings is 1. The van der Waals surface area contributed by atoms with Gasteiger partial charge in [-0.15, -0.1) is 0 Å². The highest BCUT2D eigenvalue weighted by atomic mass is 16.5. The maximum absolute atomic E-state index is 12.8. The molecule has 0 aliphatic carbocycles. The lowest BCUT2D eigenvalue weighted by molar-refractivity contribution is 0.0641. The van der Waals surface area contributed by atoms with Crippen LogP contribution >= 0.6 is 0 Å². The Morgan fingerprint density at radius 1 is 1.44 bits per heavy atom. The van der Waals surface area contributed by atoms with Gasteiger partial charge in [-0.25, -0.2) is 9.78 Å². The van der Waals surface area contributed by atoms with Crippen LogP contribution in [0.25, 0.3) is 5.52 Å². The third-order valence-corrected chi connectivity index (χ3v) is 5.02. The second-order valence-electron chi connectivity index (χ2n) is 6.49. The second-order valence-corrected chi connectivity index (χ2v) is 6.49. The Bertz CT molecular complexity index is 804. The molecule has 0 radical (unpaired) electrons. The number of ether oxygens (including phenoxy) is 1. The number of nitrogens with zero attached hydrogens (tertiary/aromatic N) is 4. The van der Waals surface area contributed by atoms with Gasteiger partial charge in [0.1, 0.15) is 0 Å². The molecule has 2 aromatic rings. The van der Waals surface area contributed by atoms with Crippen LogP contribution in [0, 0.1) is 0 Å². The van der Waals surface area contributed by atoms with Crippen molar-refractivity contribution in [3.05, 3.63) is 36.4 Å². The molecular formula is C17H21N5O3. The molecule has 0 unspecified atom stereocenters. The number of aromatic nitrogens is 2. The molecule has 8 heteroatoms. The summed E-state index contributed by atoms with van der Waals surface area (Å²) in [5.41, 5.74) is 1.58. The summed E-state index contributed by atoms with van der Waals surface area (Å²) in [7, 11) is 1.63. The van der Waals surface area contributed by atoms with E-state index in [9.17, 15) is 9.59 Å². The number of urea groups is 1. The number of carbonyl (C=O) groups excluding carboxylic acids is 2. The highest BCUT2D eigenvalue weighted by Crippen LogP contribution is 2.24. The van der Waals surface area contributed by atoms with Crippen LogP contribution in [0.2, 0.25) is 0 Å². The summed E-state index contributed by atoms with van der Waals surface area (Å²) in [5, 5.41) is 3.00. The van der Waals surface area contributed by atoms with Gasteiger partial charge in [-0.2, -0.15) is 0 Å². The molecule has 132 valence electrons. The van der Waals surface area contributed by atoms with Gasteiger partial charge in [0.2, 0.25) is 0 Å². The topological polar surface area (TPSA) is 79.2 Å². The summed E-state index contributed by atoms with van der Waals surface area (Å²) < 4.78 is 6.92. The Morgan fingerprint density at radius 3 is 3.16 bits per heavy atom. The minimum atomic E-state index is -0.0683. The predicted octanol–water partition coefficient (Wildman–Crippen LogP) is 0.589. The lowest BCUT2D eigenvalue weighted by Crippen LogP contribution is -2.53. The van der Waals surface area contributed by atoms with Crippen molar-refractivity contribution in [2.24, 2.45) is 0 Å². The van der Waals surface area contributed by atoms with Crippen molar-refractivity contribution in [1.29, 1.82) is 0 Å². The van der Waals surface area contributed by atoms with Gasteiger partial charge in [-0.3, -0.25) is 4.79 Å². The molecule has 0 aromatic carbocycles. The number of likely N-dealkylation sites (tertiary alicyclic amines) is 1. The lowest BCUT2D eigenvalue weighted by Gasteiger charge is -2.36. The van der Waals surface area contributed by atoms with E-state index < -0.39 is 0 Å². The number of rotatable bonds is 4. The van der Waals surface area contributed by atoms with Crippen molar-refractivity contribution in [3.8, 4) is 0 Å². The average molecular weight is 343 g/mol. The van der Waals surface area contributed by atoms with Gasteiger partial charge in [-0.05, 0) is 18.6 Å². The molecule has 3 amide bonds. The maximum atomic E-state index is 12.8. The van der Waals surface area contributed by atoms with E-state index in [-0.39, 0.29) is 24.0 Å². The molecule has 0 bridgehead atoms. The minimum Gasteiger partial charge on any atom is -0.383 e. The van der Waals surface area contributed by atoms with Gasteiger partial charge in [0.15, 0.2) is 0 Å². The van der Waals surface area contributed by atoms with E-state index in [4.69, 9.17) is 4.74 Å². The quantitative estimate of drug-likeness (QED) is 0.881. The molecule has 2 aliphatic heterocycles. The summed E-state index contributed by atoms with van der Waals surface area (Å²) in [5.74, 6) is -0.0151. The van der Waals surface area contributed by atoms with Crippen LogP contribution in [-0.4, -0.2) is 76.6 Å². The first-order valence-electron chi connectivity index (χ1n) is 8.44. The van der Waals surface area contributed by atoms with Crippen LogP contribution in [0.15, 0.2) is 30.9 Å². The highest BCUT2D eigenvalue weighted by Gasteiger charge is 2.43. The van der Waals surface area contributed by atoms with Gasteiger partial charge in [0.05, 0.1) is 42.3 Å². The van der Waals surface area contributed by atoms with Crippen LogP contribution in [0.4, 0.5) is 4.79 Å². The second kappa shape index (κ2) is 6.36. The van der Waals surface area contributed by atoms with Crippen molar-refractivity contribution in [1.82, 2.24) is 24.5 Å². The summed E-state index contributed by atoms with van der Waals surface area (Å²) in [6.45, 7) is 2.26. The highest BCUT2D eigenvalue weighted by molar-refractivity contribution is 5.94. The molecule has 2 saturated heterocycles. The van der Waals surface area contributed by atoms with Gasteiger partial charge in [-0.1, -0.05) is 0 Å². The molecule has 8 nitrogen and oxygen atoms in total. The van der Waals surface area contributed by atoms with Gasteiger partial charge < -0.3 is 24.3 Å². The summed E-state index contributed by atoms with van der Waals surface area (Å²) in [6, 6.07) is 3.74. The predicted molar refractivity (Wildman–Crippen MR) is 90.4 cm³/mol. The van der Waals surface area contributed by atoms with Crippen molar-refractivity contribution in [2.45, 2.75) is 18.5 Å². The van der Waals surface area contributed by atoms with E-state index in [2.05, 4.69) is 10.3 Å². The number of hydrogen-bond donors (Lipinski definition) is 1. The number of imidazole rings is 1. The van der Waals surface area contributed by atoms with E-state index in [1.54, 1.807) is 25.8 Å². The number of piperidine rings is 1. The van der Waals surface area contributed by atoms with Crippen molar-refractivity contribution < 1.29 is 14.3 Å². The van der Waals surface area contributed by atoms with Gasteiger partial charge in [0, 0.05) is 32.9 Å². The summed E-state index contributed by atoms with van der Waals surface area (Å²) >= 11 is 0. The SMILES string of the molecule is COCCN1C(=O)N[C@@H]2CN(C(=O)c3ccc4cncn4c3)CC[C@@H]21. The molecular weight excluding hydrogens is 322 g/mol. The average Bonchev–Trinajstić information content (AvgIpc) is 3.21. The molecule has 25 heavy (non-hydrogen) atoms. The Balaban J connectivity index is 1.47. The zero-order valence-corrected chi connectivity index (χ0v) is 14.1. The van der Waals surface area contributed by atoms with E-state index in [1.807, 2.05) is 26.3 Å². The lowest BCUT2D eigenvalue weighted by atomic mass is 9.99. The number of fused-ring (bicyclic) bond motifs is 2. The van der Waals surface area contributed by atoms with Crippen molar-refractivity contribution >= 4 is 17.5 Å². The van der Waals surface area contributed by atoms with E-state index in [1.165, 1.54) is 0 Å². The van der Waals surface area contributed by atoms with Crippen LogP contribution < -0.4 is 5.32 Å². The first kappa shape index (κ1) is 15.9. The fourth-order valence-corrected chi connectivity index (χ4v) is 3.72. The molecule has 2 aromatic heterocycles. The van der Waals surface area contributed by atoms with E-state index in [0.717, 1.165) is 11.9 Å². The van der Waals surface area contributed by atoms with Gasteiger partial charge in [0.25, 0.3) is 5.91 Å². The molecule has 2 aliphatic rings. The summed E-state index contributed by atoms with van der Waals surface area (Å²) in [6.07, 6.45) is 6.01. The molecule has 0 spiro atoms. The first-order chi connectivity index (χ1) is 12.2. The standard InChI is InChI=1S/C17H21N5O3/c1-25-7-6-22-15-4-5-20(10-14(15)19-17(22)24)16(23)12-2-3-13-8-18-11-21(13)9-12/h2-3,8-9,11,14-15H,4-7,10H2,1H3,(H,19,24)/t14-,15+/m1/s1. The van der Waals surface area contributed by atoms with Crippen LogP contribution in [0.3, 0.4) is 0 Å². The molecule has 0 saturated carbocycles. The fraction of sp³-hybridized carbons (Fsp3) is 0.471. The Labute approximate surface area is 145 Å². The number of carbonyl (C=O) groups is 2. The maximum Gasteiger partial charge on any atom is 0.318 e. The van der Waals surface area contributed by atoms with Crippen LogP contribution in [0.5, 0.6) is 0 Å². The fourth-order valence-electron chi connectivity index (χ4n) is 3.72. The van der Waals surface area contributed by atoms with Crippen LogP contribution in [0.1, 0.15) is 16.8 Å². The monoisotopic (exact) mass is 343 g/mol. The largest absolute Gasteiger partial charge is 0.383 e. The molecule has 4 heterocycles. The van der Waals surface area contributed by atoms with Crippen molar-refractivity contribution in [2.75, 3.05) is 33.4 Å². The molecule has 2 fully saturated rings. The zero-order chi connectivity index (χ0) is 17.4. The Morgan fingerprint density at radius 2 is 2.32 bits per heavy atom. The Hall–Kier alpha value is -2.61. The number of hydrogen-bond acceptors (Lipinski definition) is 4. The smallest absolute Gasteiger partial charge is 0.318 e. The van der Waals surface area contributed by atoms with E-state index in [0.29, 0.717) is 31.8 Å². The van der Waals surface area contributed by atoms with Crippen LogP contribution in [-0.2, 0) is 4.74 Å². The number of methoxy groups -OCH3 is 1. The first-order valence-corrected chi connectivity index (χ1v) is 8.44. The Kier molecular flexibility index (Phi) is 4.04. The van der Waals surface area contributed by atoms with Gasteiger partial charge >= 0.3 is 6.03 Å². The zero-order valence-electron chi connectivity index (χ0n) is 14.1. The molecule has 1 N–H and O–H groups in total. The molecule has 2 atom stereocenters. The summed E-state index contributed by atoms with van der Waals surface area (Å²) in [4.78, 5) is 32.7. The third-order valence-electron chi connectivity index (χ3n) is 5.02. The van der Waals surface area contributed by atoms with E-state index >= 15 is 0 Å². The minimum absolute atomic E-state index is 0.0151. The van der Waals surface area contributed by atoms with Crippen molar-refractivity contribution in [3.63, 3.8) is 0 Å². The normalized spacial score (nSPS) is 23.0. The third kappa shape index (κ3) is 2.82.